The van der Waals surface area contributed by atoms with E-state index < -0.39 is 11.7 Å². The molecule has 24 heavy (non-hydrogen) atoms. The third-order valence-corrected chi connectivity index (χ3v) is 3.85. The van der Waals surface area contributed by atoms with Gasteiger partial charge in [-0.15, -0.1) is 9.24 Å². The van der Waals surface area contributed by atoms with E-state index in [1.807, 2.05) is 38.1 Å². The summed E-state index contributed by atoms with van der Waals surface area (Å²) in [7, 11) is 4.11. The number of ether oxygens (including phenoxy) is 1. The molecule has 0 fully saturated rings. The van der Waals surface area contributed by atoms with E-state index in [1.165, 1.54) is 6.07 Å². The minimum absolute atomic E-state index is 0.270. The first-order chi connectivity index (χ1) is 11.4. The zero-order valence-electron chi connectivity index (χ0n) is 14.0. The number of hydrogen-bond donors (Lipinski definition) is 1. The largest absolute Gasteiger partial charge is 0.497 e. The highest BCUT2D eigenvalue weighted by Crippen LogP contribution is 2.32. The Labute approximate surface area is 143 Å². The van der Waals surface area contributed by atoms with Crippen molar-refractivity contribution in [3.05, 3.63) is 65.2 Å². The van der Waals surface area contributed by atoms with Gasteiger partial charge in [-0.25, -0.2) is 0 Å². The van der Waals surface area contributed by atoms with Gasteiger partial charge in [0.25, 0.3) is 0 Å². The van der Waals surface area contributed by atoms with E-state index in [-0.39, 0.29) is 5.78 Å². The standard InChI is InChI=1S/C16H17F3NOP.C2H6/c1-21-14-7-2-4-11(8-14)10-20-15(22)12-5-3-6-13(9-12)16(17,18)19;1-2/h2-9,15,20H,10,22H2,1H3;1-2H3. The average Bonchev–Trinajstić information content (AvgIpc) is 2.61. The number of methoxy groups -OCH3 is 1. The molecule has 0 heterocycles. The summed E-state index contributed by atoms with van der Waals surface area (Å²) in [5.41, 5.74) is 0.933. The van der Waals surface area contributed by atoms with Crippen LogP contribution in [0.15, 0.2) is 48.5 Å². The molecular weight excluding hydrogens is 334 g/mol. The van der Waals surface area contributed by atoms with Gasteiger partial charge in [0, 0.05) is 12.3 Å². The monoisotopic (exact) mass is 357 g/mol. The second-order valence-corrected chi connectivity index (χ2v) is 5.50. The summed E-state index contributed by atoms with van der Waals surface area (Å²) in [4.78, 5) is 0. The summed E-state index contributed by atoms with van der Waals surface area (Å²) in [5.74, 6) is 0.479. The maximum atomic E-state index is 12.7. The number of rotatable bonds is 5. The minimum Gasteiger partial charge on any atom is -0.497 e. The van der Waals surface area contributed by atoms with Crippen molar-refractivity contribution < 1.29 is 17.9 Å². The molecule has 0 aliphatic heterocycles. The lowest BCUT2D eigenvalue weighted by molar-refractivity contribution is -0.137. The summed E-state index contributed by atoms with van der Waals surface area (Å²) >= 11 is 0. The van der Waals surface area contributed by atoms with Crippen LogP contribution in [-0.2, 0) is 12.7 Å². The van der Waals surface area contributed by atoms with Gasteiger partial charge in [0.1, 0.15) is 5.75 Å². The molecule has 2 rings (SSSR count). The van der Waals surface area contributed by atoms with E-state index in [4.69, 9.17) is 4.74 Å². The van der Waals surface area contributed by atoms with Gasteiger partial charge in [-0.05, 0) is 35.4 Å². The summed E-state index contributed by atoms with van der Waals surface area (Å²) in [6, 6.07) is 12.9. The van der Waals surface area contributed by atoms with Crippen LogP contribution in [0.3, 0.4) is 0 Å². The molecule has 0 aromatic heterocycles. The van der Waals surface area contributed by atoms with Crippen molar-refractivity contribution >= 4 is 9.24 Å². The Morgan fingerprint density at radius 1 is 1.08 bits per heavy atom. The third kappa shape index (κ3) is 6.14. The Morgan fingerprint density at radius 3 is 2.38 bits per heavy atom. The molecule has 0 spiro atoms. The topological polar surface area (TPSA) is 21.3 Å². The van der Waals surface area contributed by atoms with Crippen LogP contribution in [-0.4, -0.2) is 7.11 Å². The first-order valence-electron chi connectivity index (χ1n) is 7.69. The van der Waals surface area contributed by atoms with Crippen LogP contribution < -0.4 is 10.1 Å². The molecule has 0 saturated carbocycles. The van der Waals surface area contributed by atoms with Crippen LogP contribution in [0, 0.1) is 0 Å². The Kier molecular flexibility index (Phi) is 8.23. The highest BCUT2D eigenvalue weighted by Gasteiger charge is 2.30. The quantitative estimate of drug-likeness (QED) is 0.723. The summed E-state index contributed by atoms with van der Waals surface area (Å²) < 4.78 is 43.3. The fraction of sp³-hybridized carbons (Fsp3) is 0.333. The molecule has 0 aliphatic carbocycles. The fourth-order valence-corrected chi connectivity index (χ4v) is 2.36. The molecule has 0 radical (unpaired) electrons. The first-order valence-corrected chi connectivity index (χ1v) is 8.36. The molecule has 2 aromatic rings. The Balaban J connectivity index is 0.00000139. The van der Waals surface area contributed by atoms with Crippen LogP contribution in [0.2, 0.25) is 0 Å². The smallest absolute Gasteiger partial charge is 0.416 e. The van der Waals surface area contributed by atoms with Crippen LogP contribution in [0.5, 0.6) is 5.75 Å². The Hall–Kier alpha value is -1.58. The van der Waals surface area contributed by atoms with Gasteiger partial charge >= 0.3 is 6.18 Å². The molecule has 132 valence electrons. The minimum atomic E-state index is -4.33. The molecule has 2 nitrogen and oxygen atoms in total. The van der Waals surface area contributed by atoms with Gasteiger partial charge in [0.15, 0.2) is 0 Å². The number of nitrogens with one attached hydrogen (secondary N) is 1. The van der Waals surface area contributed by atoms with Gasteiger partial charge < -0.3 is 10.1 Å². The van der Waals surface area contributed by atoms with Gasteiger partial charge in [0.05, 0.1) is 12.7 Å². The molecule has 2 aromatic carbocycles. The van der Waals surface area contributed by atoms with Crippen LogP contribution in [0.25, 0.3) is 0 Å². The summed E-state index contributed by atoms with van der Waals surface area (Å²) in [6.07, 6.45) is -4.33. The van der Waals surface area contributed by atoms with E-state index in [2.05, 4.69) is 14.6 Å². The first kappa shape index (κ1) is 20.5. The maximum absolute atomic E-state index is 12.7. The normalized spacial score (nSPS) is 12.1. The highest BCUT2D eigenvalue weighted by molar-refractivity contribution is 7.17. The lowest BCUT2D eigenvalue weighted by Crippen LogP contribution is -2.16. The number of benzene rings is 2. The third-order valence-electron chi connectivity index (χ3n) is 3.23. The van der Waals surface area contributed by atoms with Crippen molar-refractivity contribution in [3.8, 4) is 5.75 Å². The lowest BCUT2D eigenvalue weighted by Gasteiger charge is -2.16. The molecule has 0 amide bonds. The van der Waals surface area contributed by atoms with E-state index in [0.29, 0.717) is 12.1 Å². The van der Waals surface area contributed by atoms with Crippen molar-refractivity contribution in [2.24, 2.45) is 0 Å². The molecule has 6 heteroatoms. The Morgan fingerprint density at radius 2 is 1.75 bits per heavy atom. The van der Waals surface area contributed by atoms with Crippen LogP contribution in [0.1, 0.15) is 36.3 Å². The van der Waals surface area contributed by atoms with Gasteiger partial charge in [0.2, 0.25) is 0 Å². The maximum Gasteiger partial charge on any atom is 0.416 e. The SMILES string of the molecule is CC.COc1cccc(CNC(P)c2cccc(C(F)(F)F)c2)c1. The van der Waals surface area contributed by atoms with Crippen LogP contribution in [0.4, 0.5) is 13.2 Å². The molecule has 0 aliphatic rings. The van der Waals surface area contributed by atoms with Crippen LogP contribution >= 0.6 is 9.24 Å². The van der Waals surface area contributed by atoms with Gasteiger partial charge in [-0.1, -0.05) is 38.1 Å². The molecule has 2 unspecified atom stereocenters. The van der Waals surface area contributed by atoms with Crippen molar-refractivity contribution in [1.29, 1.82) is 0 Å². The predicted octanol–water partition coefficient (Wildman–Crippen LogP) is 5.40. The van der Waals surface area contributed by atoms with Gasteiger partial charge in [-0.3, -0.25) is 0 Å². The molecule has 2 atom stereocenters. The Bertz CT molecular complexity index is 632. The lowest BCUT2D eigenvalue weighted by atomic mass is 10.1. The number of hydrogen-bond acceptors (Lipinski definition) is 2. The highest BCUT2D eigenvalue weighted by atomic mass is 31.0. The van der Waals surface area contributed by atoms with E-state index in [0.717, 1.165) is 23.4 Å². The van der Waals surface area contributed by atoms with Gasteiger partial charge in [-0.2, -0.15) is 13.2 Å². The molecule has 0 bridgehead atoms. The number of alkyl halides is 3. The zero-order valence-corrected chi connectivity index (χ0v) is 15.2. The average molecular weight is 357 g/mol. The van der Waals surface area contributed by atoms with E-state index in [9.17, 15) is 13.2 Å². The van der Waals surface area contributed by atoms with Crippen molar-refractivity contribution in [2.45, 2.75) is 32.4 Å². The molecule has 1 N–H and O–H groups in total. The van der Waals surface area contributed by atoms with Crippen molar-refractivity contribution in [3.63, 3.8) is 0 Å². The predicted molar refractivity (Wildman–Crippen MR) is 95.1 cm³/mol. The molecular formula is C18H23F3NOP. The second-order valence-electron chi connectivity index (χ2n) is 4.83. The van der Waals surface area contributed by atoms with Crippen molar-refractivity contribution in [1.82, 2.24) is 5.32 Å². The van der Waals surface area contributed by atoms with E-state index in [1.54, 1.807) is 13.2 Å². The second kappa shape index (κ2) is 9.65. The fourth-order valence-electron chi connectivity index (χ4n) is 2.04. The molecule has 0 saturated heterocycles. The number of halogens is 3. The summed E-state index contributed by atoms with van der Waals surface area (Å²) in [5, 5.41) is 3.19. The summed E-state index contributed by atoms with van der Waals surface area (Å²) in [6.45, 7) is 4.53. The van der Waals surface area contributed by atoms with E-state index >= 15 is 0 Å². The zero-order chi connectivity index (χ0) is 18.2. The van der Waals surface area contributed by atoms with Crippen molar-refractivity contribution in [2.75, 3.05) is 7.11 Å².